The van der Waals surface area contributed by atoms with Crippen LogP contribution < -0.4 is 0 Å². The zero-order chi connectivity index (χ0) is 14.9. The number of nitrogens with zero attached hydrogens (tertiary/aromatic N) is 2. The van der Waals surface area contributed by atoms with Crippen molar-refractivity contribution in [2.45, 2.75) is 27.2 Å². The lowest BCUT2D eigenvalue weighted by Gasteiger charge is -2.07. The SMILES string of the molecule is CCc1cc(C#N)c(-n2c(C)cc(C(=O)OC)c2C)s1. The molecule has 0 fully saturated rings. The third-order valence-corrected chi connectivity index (χ3v) is 4.54. The zero-order valence-corrected chi connectivity index (χ0v) is 12.8. The van der Waals surface area contributed by atoms with E-state index in [4.69, 9.17) is 4.74 Å². The Labute approximate surface area is 122 Å². The molecule has 104 valence electrons. The average Bonchev–Trinajstić information content (AvgIpc) is 2.98. The van der Waals surface area contributed by atoms with Crippen LogP contribution in [0.1, 0.15) is 39.1 Å². The highest BCUT2D eigenvalue weighted by atomic mass is 32.1. The predicted octanol–water partition coefficient (Wildman–Crippen LogP) is 3.38. The van der Waals surface area contributed by atoms with Crippen LogP contribution in [0.4, 0.5) is 0 Å². The van der Waals surface area contributed by atoms with Crippen LogP contribution in [0.5, 0.6) is 0 Å². The number of ether oxygens (including phenoxy) is 1. The third kappa shape index (κ3) is 2.23. The van der Waals surface area contributed by atoms with Crippen LogP contribution in [0.2, 0.25) is 0 Å². The van der Waals surface area contributed by atoms with Gasteiger partial charge < -0.3 is 9.30 Å². The van der Waals surface area contributed by atoms with Gasteiger partial charge in [0.25, 0.3) is 0 Å². The van der Waals surface area contributed by atoms with Crippen molar-refractivity contribution < 1.29 is 9.53 Å². The maximum atomic E-state index is 11.7. The zero-order valence-electron chi connectivity index (χ0n) is 12.0. The standard InChI is InChI=1S/C15H16N2O2S/c1-5-12-7-11(8-16)14(20-12)17-9(2)6-13(10(17)3)15(18)19-4/h6-7H,5H2,1-4H3. The molecule has 20 heavy (non-hydrogen) atoms. The number of hydrogen-bond donors (Lipinski definition) is 0. The van der Waals surface area contributed by atoms with E-state index >= 15 is 0 Å². The summed E-state index contributed by atoms with van der Waals surface area (Å²) in [7, 11) is 1.37. The van der Waals surface area contributed by atoms with Crippen LogP contribution >= 0.6 is 11.3 Å². The number of esters is 1. The summed E-state index contributed by atoms with van der Waals surface area (Å²) in [6.07, 6.45) is 0.891. The maximum absolute atomic E-state index is 11.7. The minimum absolute atomic E-state index is 0.352. The van der Waals surface area contributed by atoms with E-state index in [1.807, 2.05) is 24.5 Å². The number of hydrogen-bond acceptors (Lipinski definition) is 4. The van der Waals surface area contributed by atoms with Gasteiger partial charge in [-0.25, -0.2) is 4.79 Å². The Morgan fingerprint density at radius 1 is 1.45 bits per heavy atom. The molecule has 0 saturated carbocycles. The van der Waals surface area contributed by atoms with Crippen LogP contribution in [0, 0.1) is 25.2 Å². The molecule has 0 N–H and O–H groups in total. The molecule has 0 radical (unpaired) electrons. The minimum atomic E-state index is -0.352. The molecule has 4 nitrogen and oxygen atoms in total. The molecule has 0 bridgehead atoms. The molecule has 2 aromatic rings. The van der Waals surface area contributed by atoms with Gasteiger partial charge in [-0.15, -0.1) is 11.3 Å². The van der Waals surface area contributed by atoms with Crippen molar-refractivity contribution in [1.82, 2.24) is 4.57 Å². The summed E-state index contributed by atoms with van der Waals surface area (Å²) in [6.45, 7) is 5.85. The van der Waals surface area contributed by atoms with Crippen LogP contribution in [0.25, 0.3) is 5.00 Å². The van der Waals surface area contributed by atoms with Gasteiger partial charge in [-0.2, -0.15) is 5.26 Å². The highest BCUT2D eigenvalue weighted by Gasteiger charge is 2.20. The fourth-order valence-electron chi connectivity index (χ4n) is 2.24. The minimum Gasteiger partial charge on any atom is -0.465 e. The molecule has 0 saturated heterocycles. The number of carbonyl (C=O) groups is 1. The molecule has 2 heterocycles. The summed E-state index contributed by atoms with van der Waals surface area (Å²) in [5, 5.41) is 10.2. The van der Waals surface area contributed by atoms with Crippen molar-refractivity contribution in [2.75, 3.05) is 7.11 Å². The van der Waals surface area contributed by atoms with E-state index in [2.05, 4.69) is 13.0 Å². The fourth-order valence-corrected chi connectivity index (χ4v) is 3.40. The number of thiophene rings is 1. The number of aryl methyl sites for hydroxylation is 2. The monoisotopic (exact) mass is 288 g/mol. The molecule has 0 amide bonds. The summed E-state index contributed by atoms with van der Waals surface area (Å²) in [5.74, 6) is -0.352. The second kappa shape index (κ2) is 5.51. The second-order valence-electron chi connectivity index (χ2n) is 4.51. The van der Waals surface area contributed by atoms with Crippen LogP contribution in [0.15, 0.2) is 12.1 Å². The predicted molar refractivity (Wildman–Crippen MR) is 78.6 cm³/mol. The first kappa shape index (κ1) is 14.4. The average molecular weight is 288 g/mol. The Balaban J connectivity index is 2.65. The van der Waals surface area contributed by atoms with Crippen molar-refractivity contribution in [2.24, 2.45) is 0 Å². The number of nitriles is 1. The molecule has 0 unspecified atom stereocenters. The number of carbonyl (C=O) groups excluding carboxylic acids is 1. The van der Waals surface area contributed by atoms with Gasteiger partial charge >= 0.3 is 5.97 Å². The molecule has 0 spiro atoms. The highest BCUT2D eigenvalue weighted by Crippen LogP contribution is 2.31. The molecule has 0 atom stereocenters. The van der Waals surface area contributed by atoms with Gasteiger partial charge in [0.2, 0.25) is 0 Å². The Kier molecular flexibility index (Phi) is 3.96. The van der Waals surface area contributed by atoms with E-state index in [0.29, 0.717) is 11.1 Å². The van der Waals surface area contributed by atoms with Crippen LogP contribution in [-0.4, -0.2) is 17.6 Å². The Morgan fingerprint density at radius 2 is 2.15 bits per heavy atom. The first-order valence-electron chi connectivity index (χ1n) is 6.33. The molecule has 2 aromatic heterocycles. The van der Waals surface area contributed by atoms with Crippen molar-refractivity contribution in [3.63, 3.8) is 0 Å². The maximum Gasteiger partial charge on any atom is 0.339 e. The van der Waals surface area contributed by atoms with E-state index in [0.717, 1.165) is 27.7 Å². The molecule has 0 aliphatic carbocycles. The van der Waals surface area contributed by atoms with Gasteiger partial charge in [-0.1, -0.05) is 6.92 Å². The Hall–Kier alpha value is -2.06. The highest BCUT2D eigenvalue weighted by molar-refractivity contribution is 7.14. The molecule has 2 rings (SSSR count). The lowest BCUT2D eigenvalue weighted by molar-refractivity contribution is 0.0600. The molecule has 0 aliphatic heterocycles. The largest absolute Gasteiger partial charge is 0.465 e. The fraction of sp³-hybridized carbons (Fsp3) is 0.333. The first-order valence-corrected chi connectivity index (χ1v) is 7.15. The molecule has 0 aliphatic rings. The summed E-state index contributed by atoms with van der Waals surface area (Å²) in [6, 6.07) is 5.94. The molecular weight excluding hydrogens is 272 g/mol. The Morgan fingerprint density at radius 3 is 2.70 bits per heavy atom. The van der Waals surface area contributed by atoms with Gasteiger partial charge in [0.15, 0.2) is 0 Å². The normalized spacial score (nSPS) is 10.3. The second-order valence-corrected chi connectivity index (χ2v) is 5.62. The number of aromatic nitrogens is 1. The van der Waals surface area contributed by atoms with Crippen molar-refractivity contribution in [3.05, 3.63) is 39.5 Å². The van der Waals surface area contributed by atoms with Gasteiger partial charge in [0, 0.05) is 16.3 Å². The summed E-state index contributed by atoms with van der Waals surface area (Å²) < 4.78 is 6.74. The molecule has 5 heteroatoms. The molecule has 0 aromatic carbocycles. The Bertz CT molecular complexity index is 704. The van der Waals surface area contributed by atoms with Crippen molar-refractivity contribution in [1.29, 1.82) is 5.26 Å². The summed E-state index contributed by atoms with van der Waals surface area (Å²) in [5.41, 5.74) is 2.91. The van der Waals surface area contributed by atoms with E-state index in [1.54, 1.807) is 17.4 Å². The quantitative estimate of drug-likeness (QED) is 0.814. The van der Waals surface area contributed by atoms with Gasteiger partial charge in [-0.3, -0.25) is 0 Å². The van der Waals surface area contributed by atoms with E-state index in [-0.39, 0.29) is 5.97 Å². The van der Waals surface area contributed by atoms with Crippen LogP contribution in [-0.2, 0) is 11.2 Å². The third-order valence-electron chi connectivity index (χ3n) is 3.27. The van der Waals surface area contributed by atoms with Gasteiger partial charge in [0.05, 0.1) is 18.2 Å². The first-order chi connectivity index (χ1) is 9.53. The lowest BCUT2D eigenvalue weighted by atomic mass is 10.2. The topological polar surface area (TPSA) is 55.0 Å². The van der Waals surface area contributed by atoms with Crippen molar-refractivity contribution >= 4 is 17.3 Å². The van der Waals surface area contributed by atoms with E-state index in [1.165, 1.54) is 7.11 Å². The van der Waals surface area contributed by atoms with E-state index < -0.39 is 0 Å². The summed E-state index contributed by atoms with van der Waals surface area (Å²) in [4.78, 5) is 12.9. The summed E-state index contributed by atoms with van der Waals surface area (Å²) >= 11 is 1.59. The molecular formula is C15H16N2O2S. The van der Waals surface area contributed by atoms with Gasteiger partial charge in [-0.05, 0) is 32.4 Å². The van der Waals surface area contributed by atoms with Gasteiger partial charge in [0.1, 0.15) is 11.1 Å². The number of rotatable bonds is 3. The smallest absolute Gasteiger partial charge is 0.339 e. The van der Waals surface area contributed by atoms with E-state index in [9.17, 15) is 10.1 Å². The lowest BCUT2D eigenvalue weighted by Crippen LogP contribution is -2.04. The van der Waals surface area contributed by atoms with Crippen LogP contribution in [0.3, 0.4) is 0 Å². The van der Waals surface area contributed by atoms with Crippen molar-refractivity contribution in [3.8, 4) is 11.1 Å². The number of methoxy groups -OCH3 is 1.